The monoisotopic (exact) mass is 553 g/mol. The van der Waals surface area contributed by atoms with Gasteiger partial charge in [-0.1, -0.05) is 17.7 Å². The van der Waals surface area contributed by atoms with Crippen molar-refractivity contribution >= 4 is 51.6 Å². The molecule has 2 aromatic carbocycles. The first kappa shape index (κ1) is 26.8. The Morgan fingerprint density at radius 3 is 2.82 bits per heavy atom. The van der Waals surface area contributed by atoms with Crippen molar-refractivity contribution in [3.63, 3.8) is 0 Å². The largest absolute Gasteiger partial charge is 0.491 e. The molecule has 2 fully saturated rings. The van der Waals surface area contributed by atoms with E-state index in [-0.39, 0.29) is 22.9 Å². The number of anilines is 3. The molecule has 1 aliphatic heterocycles. The quantitative estimate of drug-likeness (QED) is 0.264. The van der Waals surface area contributed by atoms with E-state index in [0.717, 1.165) is 32.2 Å². The number of likely N-dealkylation sites (tertiary alicyclic amines) is 1. The molecule has 3 aromatic rings. The zero-order chi connectivity index (χ0) is 27.4. The van der Waals surface area contributed by atoms with Gasteiger partial charge in [0.1, 0.15) is 29.8 Å². The van der Waals surface area contributed by atoms with Crippen LogP contribution in [-0.2, 0) is 14.3 Å². The number of hydrogen-bond donors (Lipinski definition) is 2. The van der Waals surface area contributed by atoms with Crippen LogP contribution in [0.4, 0.5) is 21.6 Å². The van der Waals surface area contributed by atoms with E-state index in [9.17, 15) is 14.0 Å². The summed E-state index contributed by atoms with van der Waals surface area (Å²) in [5.41, 5.74) is 1.64. The van der Waals surface area contributed by atoms with Gasteiger partial charge >= 0.3 is 5.97 Å². The van der Waals surface area contributed by atoms with E-state index in [1.54, 1.807) is 24.3 Å². The fourth-order valence-corrected chi connectivity index (χ4v) is 4.70. The molecule has 5 rings (SSSR count). The lowest BCUT2D eigenvalue weighted by molar-refractivity contribution is -0.145. The van der Waals surface area contributed by atoms with E-state index < -0.39 is 5.82 Å². The highest BCUT2D eigenvalue weighted by Gasteiger charge is 2.30. The number of carbonyl (C=O) groups is 2. The number of methoxy groups -OCH3 is 1. The standard InChI is InChI=1S/C28H29ClFN5O4/c1-38-28(37)24-4-2-10-35(24)11-3-5-26(36)34-23-13-19-22(14-25(23)39-15-17-6-7-17)31-16-32-27(19)33-18-8-9-21(30)20(29)12-18/h3,5,8-9,12-14,16-17,24H,2,4,6-7,10-11,15H2,1H3,(H,34,36)(H,31,32,33)/t24-/m1/s1. The predicted octanol–water partition coefficient (Wildman–Crippen LogP) is 5.09. The summed E-state index contributed by atoms with van der Waals surface area (Å²) in [4.78, 5) is 35.6. The maximum absolute atomic E-state index is 13.6. The highest BCUT2D eigenvalue weighted by atomic mass is 35.5. The minimum atomic E-state index is -0.518. The highest BCUT2D eigenvalue weighted by molar-refractivity contribution is 6.31. The smallest absolute Gasteiger partial charge is 0.323 e. The first-order valence-corrected chi connectivity index (χ1v) is 13.2. The summed E-state index contributed by atoms with van der Waals surface area (Å²) >= 11 is 5.94. The molecule has 0 bridgehead atoms. The van der Waals surface area contributed by atoms with Crippen LogP contribution in [0, 0.1) is 11.7 Å². The van der Waals surface area contributed by atoms with Crippen molar-refractivity contribution in [1.29, 1.82) is 0 Å². The second kappa shape index (κ2) is 12.0. The number of hydrogen-bond acceptors (Lipinski definition) is 8. The van der Waals surface area contributed by atoms with E-state index in [1.165, 1.54) is 31.6 Å². The number of rotatable bonds is 10. The van der Waals surface area contributed by atoms with Crippen LogP contribution in [0.2, 0.25) is 5.02 Å². The maximum Gasteiger partial charge on any atom is 0.323 e. The van der Waals surface area contributed by atoms with Crippen LogP contribution in [-0.4, -0.2) is 59.6 Å². The molecule has 39 heavy (non-hydrogen) atoms. The molecule has 0 radical (unpaired) electrons. The Labute approximate surface area is 230 Å². The third kappa shape index (κ3) is 6.63. The number of carbonyl (C=O) groups excluding carboxylic acids is 2. The average molecular weight is 554 g/mol. The van der Waals surface area contributed by atoms with Crippen molar-refractivity contribution in [1.82, 2.24) is 14.9 Å². The Morgan fingerprint density at radius 1 is 1.21 bits per heavy atom. The van der Waals surface area contributed by atoms with Gasteiger partial charge in [-0.15, -0.1) is 0 Å². The number of nitrogens with zero attached hydrogens (tertiary/aromatic N) is 3. The molecule has 1 atom stereocenters. The zero-order valence-corrected chi connectivity index (χ0v) is 22.2. The van der Waals surface area contributed by atoms with Gasteiger partial charge in [0.05, 0.1) is 29.9 Å². The molecule has 2 aliphatic rings. The Hall–Kier alpha value is -3.76. The number of benzene rings is 2. The molecular formula is C28H29ClFN5O4. The van der Waals surface area contributed by atoms with Gasteiger partial charge in [0.2, 0.25) is 5.91 Å². The van der Waals surface area contributed by atoms with Crippen LogP contribution in [0.3, 0.4) is 0 Å². The topological polar surface area (TPSA) is 106 Å². The minimum Gasteiger partial charge on any atom is -0.491 e. The molecule has 0 unspecified atom stereocenters. The van der Waals surface area contributed by atoms with Crippen LogP contribution in [0.15, 0.2) is 48.8 Å². The number of ether oxygens (including phenoxy) is 2. The molecule has 2 heterocycles. The molecule has 204 valence electrons. The van der Waals surface area contributed by atoms with Gasteiger partial charge in [0, 0.05) is 29.8 Å². The molecule has 1 aliphatic carbocycles. The number of amides is 1. The van der Waals surface area contributed by atoms with Crippen LogP contribution in [0.1, 0.15) is 25.7 Å². The zero-order valence-electron chi connectivity index (χ0n) is 21.5. The fourth-order valence-electron chi connectivity index (χ4n) is 4.52. The van der Waals surface area contributed by atoms with Crippen LogP contribution in [0.25, 0.3) is 10.9 Å². The van der Waals surface area contributed by atoms with Gasteiger partial charge in [-0.05, 0) is 62.4 Å². The summed E-state index contributed by atoms with van der Waals surface area (Å²) in [6.45, 7) is 1.78. The van der Waals surface area contributed by atoms with E-state index >= 15 is 0 Å². The highest BCUT2D eigenvalue weighted by Crippen LogP contribution is 2.36. The number of aromatic nitrogens is 2. The van der Waals surface area contributed by atoms with Crippen molar-refractivity contribution in [3.05, 3.63) is 59.7 Å². The van der Waals surface area contributed by atoms with E-state index in [1.807, 2.05) is 4.90 Å². The number of esters is 1. The Balaban J connectivity index is 1.36. The van der Waals surface area contributed by atoms with Crippen LogP contribution >= 0.6 is 11.6 Å². The summed E-state index contributed by atoms with van der Waals surface area (Å²) in [6, 6.07) is 7.53. The van der Waals surface area contributed by atoms with E-state index in [2.05, 4.69) is 20.6 Å². The average Bonchev–Trinajstić information content (AvgIpc) is 3.65. The van der Waals surface area contributed by atoms with Gasteiger partial charge in [-0.25, -0.2) is 14.4 Å². The lowest BCUT2D eigenvalue weighted by Crippen LogP contribution is -2.36. The molecule has 2 N–H and O–H groups in total. The third-order valence-corrected chi connectivity index (χ3v) is 7.08. The van der Waals surface area contributed by atoms with Crippen molar-refractivity contribution in [2.75, 3.05) is 37.4 Å². The minimum absolute atomic E-state index is 0.0132. The molecular weight excluding hydrogens is 525 g/mol. The first-order valence-electron chi connectivity index (χ1n) is 12.8. The molecule has 1 aromatic heterocycles. The molecule has 9 nitrogen and oxygen atoms in total. The lowest BCUT2D eigenvalue weighted by atomic mass is 10.1. The molecule has 1 saturated carbocycles. The lowest BCUT2D eigenvalue weighted by Gasteiger charge is -2.20. The van der Waals surface area contributed by atoms with Crippen molar-refractivity contribution in [2.45, 2.75) is 31.7 Å². The van der Waals surface area contributed by atoms with Gasteiger partial charge in [-0.2, -0.15) is 0 Å². The summed E-state index contributed by atoms with van der Waals surface area (Å²) in [5.74, 6) is 0.375. The number of fused-ring (bicyclic) bond motifs is 1. The summed E-state index contributed by atoms with van der Waals surface area (Å²) < 4.78 is 24.6. The van der Waals surface area contributed by atoms with Crippen LogP contribution in [0.5, 0.6) is 5.75 Å². The Kier molecular flexibility index (Phi) is 8.23. The molecule has 0 spiro atoms. The second-order valence-electron chi connectivity index (χ2n) is 9.66. The SMILES string of the molecule is COC(=O)[C@H]1CCCN1CC=CC(=O)Nc1cc2c(Nc3ccc(F)c(Cl)c3)ncnc2cc1OCC1CC1. The number of nitrogens with one attached hydrogen (secondary N) is 2. The second-order valence-corrected chi connectivity index (χ2v) is 10.1. The first-order chi connectivity index (χ1) is 18.9. The third-order valence-electron chi connectivity index (χ3n) is 6.79. The fraction of sp³-hybridized carbons (Fsp3) is 0.357. The van der Waals surface area contributed by atoms with Gasteiger partial charge in [0.25, 0.3) is 0 Å². The summed E-state index contributed by atoms with van der Waals surface area (Å²) in [6.07, 6.45) is 8.49. The van der Waals surface area contributed by atoms with Gasteiger partial charge in [-0.3, -0.25) is 14.5 Å². The maximum atomic E-state index is 13.6. The Morgan fingerprint density at radius 2 is 2.05 bits per heavy atom. The van der Waals surface area contributed by atoms with E-state index in [0.29, 0.717) is 52.9 Å². The summed E-state index contributed by atoms with van der Waals surface area (Å²) in [5, 5.41) is 6.68. The Bertz CT molecular complexity index is 1410. The van der Waals surface area contributed by atoms with Crippen molar-refractivity contribution in [2.24, 2.45) is 5.92 Å². The van der Waals surface area contributed by atoms with Crippen molar-refractivity contribution < 1.29 is 23.5 Å². The van der Waals surface area contributed by atoms with Gasteiger partial charge < -0.3 is 20.1 Å². The number of halogens is 2. The predicted molar refractivity (Wildman–Crippen MR) is 147 cm³/mol. The summed E-state index contributed by atoms with van der Waals surface area (Å²) in [7, 11) is 1.38. The van der Waals surface area contributed by atoms with Crippen LogP contribution < -0.4 is 15.4 Å². The molecule has 11 heteroatoms. The van der Waals surface area contributed by atoms with Gasteiger partial charge in [0.15, 0.2) is 0 Å². The molecule has 1 amide bonds. The van der Waals surface area contributed by atoms with E-state index in [4.69, 9.17) is 21.1 Å². The van der Waals surface area contributed by atoms with Crippen molar-refractivity contribution in [3.8, 4) is 5.75 Å². The molecule has 1 saturated heterocycles. The normalized spacial score (nSPS) is 17.5.